The summed E-state index contributed by atoms with van der Waals surface area (Å²) in [5.74, 6) is 0.621. The van der Waals surface area contributed by atoms with E-state index in [2.05, 4.69) is 10.1 Å². The number of fused-ring (bicyclic) bond motifs is 1. The summed E-state index contributed by atoms with van der Waals surface area (Å²) in [6.45, 7) is 3.15. The van der Waals surface area contributed by atoms with Crippen LogP contribution in [0.25, 0.3) is 10.2 Å². The van der Waals surface area contributed by atoms with E-state index >= 15 is 0 Å². The number of aryl methyl sites for hydroxylation is 2. The first kappa shape index (κ1) is 17.9. The van der Waals surface area contributed by atoms with Crippen LogP contribution in [0.4, 0.5) is 5.13 Å². The van der Waals surface area contributed by atoms with E-state index in [0.29, 0.717) is 17.4 Å². The number of methoxy groups -OCH3 is 1. The molecule has 0 N–H and O–H groups in total. The van der Waals surface area contributed by atoms with Crippen molar-refractivity contribution in [2.45, 2.75) is 25.9 Å². The zero-order valence-corrected chi connectivity index (χ0v) is 16.5. The first-order chi connectivity index (χ1) is 13.0. The fourth-order valence-electron chi connectivity index (χ4n) is 3.18. The molecule has 4 rings (SSSR count). The van der Waals surface area contributed by atoms with Gasteiger partial charge in [-0.3, -0.25) is 14.4 Å². The first-order valence-electron chi connectivity index (χ1n) is 8.94. The Morgan fingerprint density at radius 3 is 2.96 bits per heavy atom. The van der Waals surface area contributed by atoms with Gasteiger partial charge in [-0.15, -0.1) is 0 Å². The van der Waals surface area contributed by atoms with Crippen molar-refractivity contribution in [3.63, 3.8) is 0 Å². The van der Waals surface area contributed by atoms with Gasteiger partial charge in [0.15, 0.2) is 10.8 Å². The average molecular weight is 386 g/mol. The average Bonchev–Trinajstić information content (AvgIpc) is 3.39. The zero-order chi connectivity index (χ0) is 19.0. The summed E-state index contributed by atoms with van der Waals surface area (Å²) in [4.78, 5) is 19.6. The molecule has 0 saturated carbocycles. The van der Waals surface area contributed by atoms with E-state index in [1.807, 2.05) is 32.2 Å². The Morgan fingerprint density at radius 2 is 2.30 bits per heavy atom. The fourth-order valence-corrected chi connectivity index (χ4v) is 4.18. The number of nitrogens with zero attached hydrogens (tertiary/aromatic N) is 4. The molecule has 1 amide bonds. The monoisotopic (exact) mass is 386 g/mol. The van der Waals surface area contributed by atoms with E-state index in [0.717, 1.165) is 41.1 Å². The third-order valence-electron chi connectivity index (χ3n) is 4.80. The van der Waals surface area contributed by atoms with Crippen molar-refractivity contribution in [1.29, 1.82) is 0 Å². The Balaban J connectivity index is 1.71. The number of aromatic nitrogens is 3. The summed E-state index contributed by atoms with van der Waals surface area (Å²) < 4.78 is 13.8. The van der Waals surface area contributed by atoms with Gasteiger partial charge in [0.2, 0.25) is 0 Å². The van der Waals surface area contributed by atoms with Gasteiger partial charge in [0, 0.05) is 19.3 Å². The van der Waals surface area contributed by atoms with Crippen LogP contribution < -0.4 is 9.64 Å². The highest BCUT2D eigenvalue weighted by Gasteiger charge is 2.28. The number of anilines is 1. The van der Waals surface area contributed by atoms with Crippen molar-refractivity contribution in [3.8, 4) is 5.75 Å². The summed E-state index contributed by atoms with van der Waals surface area (Å²) in [6.07, 6.45) is 2.00. The number of amides is 1. The van der Waals surface area contributed by atoms with Crippen molar-refractivity contribution < 1.29 is 14.3 Å². The molecule has 8 heteroatoms. The second-order valence-corrected chi connectivity index (χ2v) is 7.68. The summed E-state index contributed by atoms with van der Waals surface area (Å²) in [5.41, 5.74) is 2.20. The van der Waals surface area contributed by atoms with Crippen LogP contribution in [0.2, 0.25) is 0 Å². The Morgan fingerprint density at radius 1 is 1.44 bits per heavy atom. The maximum Gasteiger partial charge on any atom is 0.280 e. The molecule has 0 radical (unpaired) electrons. The van der Waals surface area contributed by atoms with E-state index in [4.69, 9.17) is 9.47 Å². The lowest BCUT2D eigenvalue weighted by Crippen LogP contribution is -2.37. The second-order valence-electron chi connectivity index (χ2n) is 6.68. The standard InChI is InChI=1S/C19H22N4O3S/c1-12-9-16(21-22(12)2)18(24)23(11-14-5-4-8-26-14)19-20-15-7-6-13(25-3)10-17(15)27-19/h6-7,9-10,14H,4-5,8,11H2,1-3H3/t14-/m1/s1. The number of carbonyl (C=O) groups is 1. The van der Waals surface area contributed by atoms with Crippen LogP contribution in [0.3, 0.4) is 0 Å². The lowest BCUT2D eigenvalue weighted by atomic mass is 10.2. The molecule has 0 aliphatic carbocycles. The van der Waals surface area contributed by atoms with Gasteiger partial charge < -0.3 is 9.47 Å². The van der Waals surface area contributed by atoms with Crippen LogP contribution >= 0.6 is 11.3 Å². The van der Waals surface area contributed by atoms with Crippen molar-refractivity contribution >= 4 is 32.6 Å². The van der Waals surface area contributed by atoms with Crippen LogP contribution in [0.5, 0.6) is 5.75 Å². The molecule has 0 bridgehead atoms. The topological polar surface area (TPSA) is 69.5 Å². The van der Waals surface area contributed by atoms with Crippen LogP contribution in [-0.4, -0.2) is 47.0 Å². The highest BCUT2D eigenvalue weighted by molar-refractivity contribution is 7.22. The maximum absolute atomic E-state index is 13.2. The normalized spacial score (nSPS) is 16.8. The van der Waals surface area contributed by atoms with Gasteiger partial charge >= 0.3 is 0 Å². The third kappa shape index (κ3) is 3.54. The molecule has 1 aliphatic heterocycles. The third-order valence-corrected chi connectivity index (χ3v) is 5.84. The number of ether oxygens (including phenoxy) is 2. The molecule has 2 aromatic heterocycles. The summed E-state index contributed by atoms with van der Waals surface area (Å²) in [7, 11) is 3.47. The zero-order valence-electron chi connectivity index (χ0n) is 15.6. The predicted octanol–water partition coefficient (Wildman–Crippen LogP) is 3.17. The Kier molecular flexibility index (Phi) is 4.84. The smallest absolute Gasteiger partial charge is 0.280 e. The van der Waals surface area contributed by atoms with Crippen molar-refractivity contribution in [3.05, 3.63) is 35.7 Å². The maximum atomic E-state index is 13.2. The van der Waals surface area contributed by atoms with Crippen LogP contribution in [0.1, 0.15) is 29.0 Å². The minimum Gasteiger partial charge on any atom is -0.497 e. The van der Waals surface area contributed by atoms with E-state index in [9.17, 15) is 4.79 Å². The molecular weight excluding hydrogens is 364 g/mol. The fraction of sp³-hybridized carbons (Fsp3) is 0.421. The van der Waals surface area contributed by atoms with Crippen molar-refractivity contribution in [1.82, 2.24) is 14.8 Å². The summed E-state index contributed by atoms with van der Waals surface area (Å²) in [5, 5.41) is 5.01. The molecule has 3 heterocycles. The number of carbonyl (C=O) groups excluding carboxylic acids is 1. The van der Waals surface area contributed by atoms with Gasteiger partial charge in [-0.25, -0.2) is 4.98 Å². The molecule has 0 spiro atoms. The van der Waals surface area contributed by atoms with Gasteiger partial charge in [-0.1, -0.05) is 11.3 Å². The minimum atomic E-state index is -0.153. The molecule has 1 atom stereocenters. The number of hydrogen-bond acceptors (Lipinski definition) is 6. The number of hydrogen-bond donors (Lipinski definition) is 0. The molecule has 1 fully saturated rings. The van der Waals surface area contributed by atoms with Gasteiger partial charge in [0.25, 0.3) is 5.91 Å². The molecule has 3 aromatic rings. The van der Waals surface area contributed by atoms with Gasteiger partial charge in [0.1, 0.15) is 5.75 Å². The molecule has 1 saturated heterocycles. The highest BCUT2D eigenvalue weighted by Crippen LogP contribution is 2.33. The minimum absolute atomic E-state index is 0.0281. The SMILES string of the molecule is COc1ccc2nc(N(C[C@H]3CCCO3)C(=O)c3cc(C)n(C)n3)sc2c1. The van der Waals surface area contributed by atoms with Gasteiger partial charge in [0.05, 0.1) is 30.0 Å². The largest absolute Gasteiger partial charge is 0.497 e. The lowest BCUT2D eigenvalue weighted by molar-refractivity contribution is 0.0913. The summed E-state index contributed by atoms with van der Waals surface area (Å²) >= 11 is 1.48. The number of thiazole rings is 1. The second kappa shape index (κ2) is 7.28. The number of rotatable bonds is 5. The molecule has 0 unspecified atom stereocenters. The highest BCUT2D eigenvalue weighted by atomic mass is 32.1. The quantitative estimate of drug-likeness (QED) is 0.674. The molecule has 27 heavy (non-hydrogen) atoms. The van der Waals surface area contributed by atoms with E-state index in [1.165, 1.54) is 11.3 Å². The Labute approximate surface area is 161 Å². The molecule has 1 aliphatic rings. The van der Waals surface area contributed by atoms with Crippen LogP contribution in [0.15, 0.2) is 24.3 Å². The number of benzene rings is 1. The Hall–Kier alpha value is -2.45. The molecular formula is C19H22N4O3S. The molecule has 7 nitrogen and oxygen atoms in total. The summed E-state index contributed by atoms with van der Waals surface area (Å²) in [6, 6.07) is 7.53. The van der Waals surface area contributed by atoms with Gasteiger partial charge in [-0.2, -0.15) is 5.10 Å². The van der Waals surface area contributed by atoms with E-state index < -0.39 is 0 Å². The van der Waals surface area contributed by atoms with Gasteiger partial charge in [-0.05, 0) is 44.0 Å². The van der Waals surface area contributed by atoms with E-state index in [1.54, 1.807) is 22.8 Å². The first-order valence-corrected chi connectivity index (χ1v) is 9.75. The van der Waals surface area contributed by atoms with Crippen LogP contribution in [0, 0.1) is 6.92 Å². The van der Waals surface area contributed by atoms with Crippen molar-refractivity contribution in [2.24, 2.45) is 7.05 Å². The predicted molar refractivity (Wildman–Crippen MR) is 105 cm³/mol. The van der Waals surface area contributed by atoms with E-state index in [-0.39, 0.29) is 12.0 Å². The Bertz CT molecular complexity index is 955. The molecule has 142 valence electrons. The molecule has 1 aromatic carbocycles. The van der Waals surface area contributed by atoms with Crippen molar-refractivity contribution in [2.75, 3.05) is 25.2 Å². The lowest BCUT2D eigenvalue weighted by Gasteiger charge is -2.22. The van der Waals surface area contributed by atoms with Crippen LogP contribution in [-0.2, 0) is 11.8 Å².